The molecular weight excluding hydrogens is 298 g/mol. The number of carbonyl (C=O) groups is 2. The molecule has 0 spiro atoms. The summed E-state index contributed by atoms with van der Waals surface area (Å²) in [6.07, 6.45) is -0.437. The number of hydrogen-bond donors (Lipinski definition) is 0. The molecule has 6 nitrogen and oxygen atoms in total. The van der Waals surface area contributed by atoms with Gasteiger partial charge in [-0.05, 0) is 44.0 Å². The molecule has 1 aromatic carbocycles. The van der Waals surface area contributed by atoms with Gasteiger partial charge in [0.1, 0.15) is 17.3 Å². The molecule has 2 rings (SSSR count). The summed E-state index contributed by atoms with van der Waals surface area (Å²) in [5, 5.41) is 0. The van der Waals surface area contributed by atoms with Crippen molar-refractivity contribution < 1.29 is 23.8 Å². The largest absolute Gasteiger partial charge is 0.497 e. The maximum Gasteiger partial charge on any atom is 0.410 e. The Morgan fingerprint density at radius 2 is 1.91 bits per heavy atom. The highest BCUT2D eigenvalue weighted by Crippen LogP contribution is 2.32. The Balaban J connectivity index is 2.32. The first-order valence-corrected chi connectivity index (χ1v) is 7.47. The SMILES string of the molecule is COC(=O)C1CN(C(=O)OC(C)(C)C)Cc2ccc(OC)cc21. The first kappa shape index (κ1) is 17.1. The van der Waals surface area contributed by atoms with Crippen molar-refractivity contribution in [1.29, 1.82) is 0 Å². The molecule has 23 heavy (non-hydrogen) atoms. The van der Waals surface area contributed by atoms with E-state index >= 15 is 0 Å². The van der Waals surface area contributed by atoms with E-state index in [1.165, 1.54) is 12.0 Å². The van der Waals surface area contributed by atoms with Crippen molar-refractivity contribution in [3.05, 3.63) is 29.3 Å². The fourth-order valence-corrected chi connectivity index (χ4v) is 2.57. The van der Waals surface area contributed by atoms with Crippen molar-refractivity contribution in [2.24, 2.45) is 0 Å². The molecule has 6 heteroatoms. The average Bonchev–Trinajstić information content (AvgIpc) is 2.50. The zero-order valence-electron chi connectivity index (χ0n) is 14.2. The van der Waals surface area contributed by atoms with Gasteiger partial charge in [0, 0.05) is 13.1 Å². The van der Waals surface area contributed by atoms with Crippen LogP contribution in [0, 0.1) is 0 Å². The molecule has 0 aromatic heterocycles. The summed E-state index contributed by atoms with van der Waals surface area (Å²) in [6, 6.07) is 5.50. The average molecular weight is 321 g/mol. The van der Waals surface area contributed by atoms with Crippen molar-refractivity contribution >= 4 is 12.1 Å². The normalized spacial score (nSPS) is 17.3. The van der Waals surface area contributed by atoms with Crippen LogP contribution in [0.3, 0.4) is 0 Å². The number of methoxy groups -OCH3 is 2. The third-order valence-corrected chi connectivity index (χ3v) is 3.63. The topological polar surface area (TPSA) is 65.1 Å². The van der Waals surface area contributed by atoms with Gasteiger partial charge in [-0.15, -0.1) is 0 Å². The van der Waals surface area contributed by atoms with Crippen LogP contribution in [-0.4, -0.2) is 43.3 Å². The molecule has 1 amide bonds. The van der Waals surface area contributed by atoms with Crippen LogP contribution in [0.25, 0.3) is 0 Å². The molecule has 0 bridgehead atoms. The molecule has 1 aromatic rings. The molecule has 0 aliphatic carbocycles. The summed E-state index contributed by atoms with van der Waals surface area (Å²) in [7, 11) is 2.92. The zero-order chi connectivity index (χ0) is 17.2. The van der Waals surface area contributed by atoms with Crippen LogP contribution in [0.2, 0.25) is 0 Å². The number of nitrogens with zero attached hydrogens (tertiary/aromatic N) is 1. The second kappa shape index (κ2) is 6.48. The second-order valence-corrected chi connectivity index (χ2v) is 6.50. The fourth-order valence-electron chi connectivity index (χ4n) is 2.57. The minimum Gasteiger partial charge on any atom is -0.497 e. The third-order valence-electron chi connectivity index (χ3n) is 3.63. The van der Waals surface area contributed by atoms with Crippen LogP contribution in [0.1, 0.15) is 37.8 Å². The van der Waals surface area contributed by atoms with Crippen molar-refractivity contribution in [2.75, 3.05) is 20.8 Å². The van der Waals surface area contributed by atoms with Gasteiger partial charge in [0.25, 0.3) is 0 Å². The summed E-state index contributed by atoms with van der Waals surface area (Å²) >= 11 is 0. The Bertz CT molecular complexity index is 605. The quantitative estimate of drug-likeness (QED) is 0.784. The number of hydrogen-bond acceptors (Lipinski definition) is 5. The third kappa shape index (κ3) is 3.94. The smallest absolute Gasteiger partial charge is 0.410 e. The molecule has 0 radical (unpaired) electrons. The summed E-state index contributed by atoms with van der Waals surface area (Å²) in [4.78, 5) is 26.0. The van der Waals surface area contributed by atoms with E-state index in [2.05, 4.69) is 0 Å². The second-order valence-electron chi connectivity index (χ2n) is 6.50. The Morgan fingerprint density at radius 1 is 1.22 bits per heavy atom. The number of rotatable bonds is 2. The molecule has 1 aliphatic rings. The predicted molar refractivity (Wildman–Crippen MR) is 84.4 cm³/mol. The van der Waals surface area contributed by atoms with E-state index < -0.39 is 17.6 Å². The van der Waals surface area contributed by atoms with Gasteiger partial charge in [-0.3, -0.25) is 4.79 Å². The van der Waals surface area contributed by atoms with E-state index in [0.29, 0.717) is 12.3 Å². The molecule has 0 saturated heterocycles. The fraction of sp³-hybridized carbons (Fsp3) is 0.529. The highest BCUT2D eigenvalue weighted by molar-refractivity contribution is 5.81. The van der Waals surface area contributed by atoms with E-state index in [9.17, 15) is 9.59 Å². The van der Waals surface area contributed by atoms with Gasteiger partial charge < -0.3 is 19.1 Å². The summed E-state index contributed by atoms with van der Waals surface area (Å²) < 4.78 is 15.5. The van der Waals surface area contributed by atoms with Crippen LogP contribution in [0.15, 0.2) is 18.2 Å². The van der Waals surface area contributed by atoms with Gasteiger partial charge in [0.15, 0.2) is 0 Å². The molecule has 1 atom stereocenters. The lowest BCUT2D eigenvalue weighted by atomic mass is 9.89. The van der Waals surface area contributed by atoms with Crippen molar-refractivity contribution in [1.82, 2.24) is 4.90 Å². The van der Waals surface area contributed by atoms with Crippen LogP contribution in [0.4, 0.5) is 4.79 Å². The molecule has 1 aliphatic heterocycles. The minimum absolute atomic E-state index is 0.224. The van der Waals surface area contributed by atoms with E-state index in [1.54, 1.807) is 7.11 Å². The van der Waals surface area contributed by atoms with Crippen LogP contribution in [0.5, 0.6) is 5.75 Å². The van der Waals surface area contributed by atoms with Crippen molar-refractivity contribution in [3.63, 3.8) is 0 Å². The Kier molecular flexibility index (Phi) is 4.82. The van der Waals surface area contributed by atoms with E-state index in [-0.39, 0.29) is 12.5 Å². The lowest BCUT2D eigenvalue weighted by Gasteiger charge is -2.34. The first-order chi connectivity index (χ1) is 10.7. The molecule has 0 N–H and O–H groups in total. The summed E-state index contributed by atoms with van der Waals surface area (Å²) in [5.74, 6) is -0.262. The lowest BCUT2D eigenvalue weighted by Crippen LogP contribution is -2.43. The minimum atomic E-state index is -0.585. The maximum atomic E-state index is 12.3. The van der Waals surface area contributed by atoms with Crippen molar-refractivity contribution in [2.45, 2.75) is 38.8 Å². The number of carbonyl (C=O) groups excluding carboxylic acids is 2. The number of fused-ring (bicyclic) bond motifs is 1. The van der Waals surface area contributed by atoms with Gasteiger partial charge in [-0.1, -0.05) is 6.07 Å². The van der Waals surface area contributed by atoms with Gasteiger partial charge in [0.2, 0.25) is 0 Å². The predicted octanol–water partition coefficient (Wildman–Crippen LogP) is 2.70. The Hall–Kier alpha value is -2.24. The number of ether oxygens (including phenoxy) is 3. The van der Waals surface area contributed by atoms with Crippen molar-refractivity contribution in [3.8, 4) is 5.75 Å². The van der Waals surface area contributed by atoms with E-state index in [1.807, 2.05) is 39.0 Å². The maximum absolute atomic E-state index is 12.3. The highest BCUT2D eigenvalue weighted by Gasteiger charge is 2.35. The highest BCUT2D eigenvalue weighted by atomic mass is 16.6. The van der Waals surface area contributed by atoms with E-state index in [4.69, 9.17) is 14.2 Å². The molecule has 126 valence electrons. The van der Waals surface area contributed by atoms with Gasteiger partial charge in [0.05, 0.1) is 14.2 Å². The molecule has 1 heterocycles. The van der Waals surface area contributed by atoms with Gasteiger partial charge in [-0.25, -0.2) is 4.79 Å². The lowest BCUT2D eigenvalue weighted by molar-refractivity contribution is -0.143. The van der Waals surface area contributed by atoms with E-state index in [0.717, 1.165) is 11.1 Å². The number of benzene rings is 1. The number of amides is 1. The molecule has 0 saturated carbocycles. The standard InChI is InChI=1S/C17H23NO5/c1-17(2,3)23-16(20)18-9-11-6-7-12(21-4)8-13(11)14(10-18)15(19)22-5/h6-8,14H,9-10H2,1-5H3. The van der Waals surface area contributed by atoms with Crippen LogP contribution < -0.4 is 4.74 Å². The molecule has 0 fully saturated rings. The number of esters is 1. The molecule has 1 unspecified atom stereocenters. The summed E-state index contributed by atoms with van der Waals surface area (Å²) in [5.41, 5.74) is 1.13. The van der Waals surface area contributed by atoms with Gasteiger partial charge in [-0.2, -0.15) is 0 Å². The monoisotopic (exact) mass is 321 g/mol. The summed E-state index contributed by atoms with van der Waals surface area (Å²) in [6.45, 7) is 6.05. The first-order valence-electron chi connectivity index (χ1n) is 7.47. The van der Waals surface area contributed by atoms with Crippen LogP contribution in [-0.2, 0) is 20.8 Å². The zero-order valence-corrected chi connectivity index (χ0v) is 14.2. The Morgan fingerprint density at radius 3 is 2.48 bits per heavy atom. The molecular formula is C17H23NO5. The van der Waals surface area contributed by atoms with Crippen LogP contribution >= 0.6 is 0 Å². The Labute approximate surface area is 136 Å². The van der Waals surface area contributed by atoms with Gasteiger partial charge >= 0.3 is 12.1 Å².